The van der Waals surface area contributed by atoms with Crippen molar-refractivity contribution in [2.24, 2.45) is 11.3 Å². The fourth-order valence-corrected chi connectivity index (χ4v) is 2.90. The van der Waals surface area contributed by atoms with Crippen LogP contribution in [0.2, 0.25) is 0 Å². The third kappa shape index (κ3) is 2.65. The molecule has 1 saturated carbocycles. The molecule has 0 aromatic heterocycles. The molecule has 0 radical (unpaired) electrons. The van der Waals surface area contributed by atoms with Gasteiger partial charge in [0.15, 0.2) is 0 Å². The highest BCUT2D eigenvalue weighted by atomic mass is 35.5. The Kier molecular flexibility index (Phi) is 3.46. The highest BCUT2D eigenvalue weighted by Gasteiger charge is 2.34. The molecule has 12 heavy (non-hydrogen) atoms. The van der Waals surface area contributed by atoms with Crippen LogP contribution in [0.15, 0.2) is 0 Å². The van der Waals surface area contributed by atoms with E-state index in [1.807, 2.05) is 0 Å². The second-order valence-corrected chi connectivity index (χ2v) is 5.49. The van der Waals surface area contributed by atoms with Gasteiger partial charge in [-0.25, -0.2) is 0 Å². The van der Waals surface area contributed by atoms with E-state index in [2.05, 4.69) is 20.8 Å². The Hall–Kier alpha value is 0.290. The van der Waals surface area contributed by atoms with Crippen LogP contribution >= 0.6 is 11.6 Å². The molecule has 0 bridgehead atoms. The molecule has 0 amide bonds. The van der Waals surface area contributed by atoms with E-state index in [9.17, 15) is 0 Å². The first-order chi connectivity index (χ1) is 5.56. The van der Waals surface area contributed by atoms with Crippen LogP contribution in [0.1, 0.15) is 52.9 Å². The molecular formula is C11H21Cl. The van der Waals surface area contributed by atoms with E-state index in [1.165, 1.54) is 32.1 Å². The van der Waals surface area contributed by atoms with Crippen LogP contribution in [0.25, 0.3) is 0 Å². The quantitative estimate of drug-likeness (QED) is 0.582. The summed E-state index contributed by atoms with van der Waals surface area (Å²) in [6, 6.07) is 0. The van der Waals surface area contributed by atoms with Gasteiger partial charge in [-0.2, -0.15) is 0 Å². The first-order valence-electron chi connectivity index (χ1n) is 5.20. The zero-order valence-electron chi connectivity index (χ0n) is 8.57. The van der Waals surface area contributed by atoms with Crippen molar-refractivity contribution in [3.05, 3.63) is 0 Å². The fraction of sp³-hybridized carbons (Fsp3) is 1.00. The van der Waals surface area contributed by atoms with Gasteiger partial charge in [-0.05, 0) is 37.0 Å². The summed E-state index contributed by atoms with van der Waals surface area (Å²) in [4.78, 5) is 0. The second-order valence-electron chi connectivity index (χ2n) is 4.87. The van der Waals surface area contributed by atoms with Crippen LogP contribution in [-0.4, -0.2) is 5.38 Å². The van der Waals surface area contributed by atoms with E-state index in [0.717, 1.165) is 5.92 Å². The lowest BCUT2D eigenvalue weighted by atomic mass is 9.79. The Morgan fingerprint density at radius 1 is 1.58 bits per heavy atom. The van der Waals surface area contributed by atoms with Gasteiger partial charge >= 0.3 is 0 Å². The van der Waals surface area contributed by atoms with Crippen molar-refractivity contribution in [3.63, 3.8) is 0 Å². The van der Waals surface area contributed by atoms with Crippen LogP contribution in [0, 0.1) is 11.3 Å². The number of rotatable bonds is 3. The summed E-state index contributed by atoms with van der Waals surface area (Å²) in [7, 11) is 0. The minimum absolute atomic E-state index is 0.457. The van der Waals surface area contributed by atoms with Gasteiger partial charge in [0.05, 0.1) is 0 Å². The summed E-state index contributed by atoms with van der Waals surface area (Å²) in [5.74, 6) is 0.872. The van der Waals surface area contributed by atoms with Gasteiger partial charge in [0.25, 0.3) is 0 Å². The first-order valence-corrected chi connectivity index (χ1v) is 5.63. The Morgan fingerprint density at radius 3 is 2.67 bits per heavy atom. The summed E-state index contributed by atoms with van der Waals surface area (Å²) >= 11 is 6.12. The molecule has 1 aliphatic carbocycles. The number of alkyl halides is 1. The van der Waals surface area contributed by atoms with E-state index in [4.69, 9.17) is 11.6 Å². The molecule has 0 saturated heterocycles. The lowest BCUT2D eigenvalue weighted by Gasteiger charge is -2.26. The standard InChI is InChI=1S/C11H21Cl/c1-4-9(2)7-11(3)6-5-10(12)8-11/h9-10H,4-8H2,1-3H3. The molecule has 3 atom stereocenters. The number of hydrogen-bond donors (Lipinski definition) is 0. The van der Waals surface area contributed by atoms with E-state index in [1.54, 1.807) is 0 Å². The zero-order valence-corrected chi connectivity index (χ0v) is 9.32. The Labute approximate surface area is 81.7 Å². The SMILES string of the molecule is CCC(C)CC1(C)CCC(Cl)C1. The molecule has 0 heterocycles. The molecule has 1 heteroatoms. The van der Waals surface area contributed by atoms with Crippen molar-refractivity contribution in [2.75, 3.05) is 0 Å². The Balaban J connectivity index is 2.39. The van der Waals surface area contributed by atoms with Crippen molar-refractivity contribution < 1.29 is 0 Å². The molecule has 0 nitrogen and oxygen atoms in total. The molecule has 1 aliphatic rings. The average Bonchev–Trinajstić information content (AvgIpc) is 2.30. The summed E-state index contributed by atoms with van der Waals surface area (Å²) in [6.07, 6.45) is 6.48. The van der Waals surface area contributed by atoms with Gasteiger partial charge in [-0.3, -0.25) is 0 Å². The van der Waals surface area contributed by atoms with Crippen molar-refractivity contribution in [3.8, 4) is 0 Å². The molecule has 0 aliphatic heterocycles. The summed E-state index contributed by atoms with van der Waals surface area (Å²) in [5.41, 5.74) is 0.557. The molecule has 72 valence electrons. The number of hydrogen-bond acceptors (Lipinski definition) is 0. The monoisotopic (exact) mass is 188 g/mol. The van der Waals surface area contributed by atoms with Crippen LogP contribution < -0.4 is 0 Å². The smallest absolute Gasteiger partial charge is 0.0341 e. The normalized spacial score (nSPS) is 38.5. The molecule has 1 rings (SSSR count). The molecule has 0 spiro atoms. The maximum atomic E-state index is 6.12. The third-order valence-corrected chi connectivity index (χ3v) is 3.69. The van der Waals surface area contributed by atoms with Gasteiger partial charge in [0, 0.05) is 5.38 Å². The van der Waals surface area contributed by atoms with Crippen LogP contribution in [0.5, 0.6) is 0 Å². The minimum Gasteiger partial charge on any atom is -0.123 e. The van der Waals surface area contributed by atoms with Gasteiger partial charge in [0.1, 0.15) is 0 Å². The molecule has 1 fully saturated rings. The zero-order chi connectivity index (χ0) is 9.19. The van der Waals surface area contributed by atoms with Gasteiger partial charge < -0.3 is 0 Å². The van der Waals surface area contributed by atoms with Gasteiger partial charge in [-0.15, -0.1) is 11.6 Å². The van der Waals surface area contributed by atoms with Crippen LogP contribution in [0.3, 0.4) is 0 Å². The molecule has 0 aromatic carbocycles. The van der Waals surface area contributed by atoms with Gasteiger partial charge in [0.2, 0.25) is 0 Å². The van der Waals surface area contributed by atoms with Crippen molar-refractivity contribution >= 4 is 11.6 Å². The van der Waals surface area contributed by atoms with E-state index >= 15 is 0 Å². The molecular weight excluding hydrogens is 168 g/mol. The fourth-order valence-electron chi connectivity index (χ4n) is 2.41. The van der Waals surface area contributed by atoms with E-state index in [0.29, 0.717) is 10.8 Å². The Bertz CT molecular complexity index is 144. The van der Waals surface area contributed by atoms with Gasteiger partial charge in [-0.1, -0.05) is 27.2 Å². The second kappa shape index (κ2) is 4.00. The van der Waals surface area contributed by atoms with E-state index < -0.39 is 0 Å². The molecule has 3 unspecified atom stereocenters. The lowest BCUT2D eigenvalue weighted by Crippen LogP contribution is -2.15. The molecule has 0 aromatic rings. The van der Waals surface area contributed by atoms with Crippen molar-refractivity contribution in [1.82, 2.24) is 0 Å². The van der Waals surface area contributed by atoms with Crippen LogP contribution in [0.4, 0.5) is 0 Å². The highest BCUT2D eigenvalue weighted by Crippen LogP contribution is 2.45. The average molecular weight is 189 g/mol. The topological polar surface area (TPSA) is 0 Å². The Morgan fingerprint density at radius 2 is 2.25 bits per heavy atom. The predicted octanol–water partition coefficient (Wildman–Crippen LogP) is 4.22. The summed E-state index contributed by atoms with van der Waals surface area (Å²) in [5, 5.41) is 0.457. The predicted molar refractivity (Wildman–Crippen MR) is 55.7 cm³/mol. The minimum atomic E-state index is 0.457. The van der Waals surface area contributed by atoms with Crippen molar-refractivity contribution in [2.45, 2.75) is 58.3 Å². The summed E-state index contributed by atoms with van der Waals surface area (Å²) in [6.45, 7) is 7.04. The summed E-state index contributed by atoms with van der Waals surface area (Å²) < 4.78 is 0. The maximum Gasteiger partial charge on any atom is 0.0341 e. The molecule has 0 N–H and O–H groups in total. The van der Waals surface area contributed by atoms with Crippen LogP contribution in [-0.2, 0) is 0 Å². The number of halogens is 1. The highest BCUT2D eigenvalue weighted by molar-refractivity contribution is 6.20. The largest absolute Gasteiger partial charge is 0.123 e. The maximum absolute atomic E-state index is 6.12. The van der Waals surface area contributed by atoms with Crippen molar-refractivity contribution in [1.29, 1.82) is 0 Å². The third-order valence-electron chi connectivity index (χ3n) is 3.31. The lowest BCUT2D eigenvalue weighted by molar-refractivity contribution is 0.253. The first kappa shape index (κ1) is 10.4. The van der Waals surface area contributed by atoms with E-state index in [-0.39, 0.29) is 0 Å².